The highest BCUT2D eigenvalue weighted by atomic mass is 35.5. The van der Waals surface area contributed by atoms with Crippen molar-refractivity contribution in [1.82, 2.24) is 0 Å². The molecule has 0 aliphatic carbocycles. The fourth-order valence-corrected chi connectivity index (χ4v) is 4.56. The van der Waals surface area contributed by atoms with E-state index in [0.717, 1.165) is 0 Å². The van der Waals surface area contributed by atoms with Gasteiger partial charge in [-0.15, -0.1) is 0 Å². The van der Waals surface area contributed by atoms with E-state index in [9.17, 15) is 13.2 Å². The van der Waals surface area contributed by atoms with Gasteiger partial charge >= 0.3 is 0 Å². The summed E-state index contributed by atoms with van der Waals surface area (Å²) < 4.78 is 25.4. The molecule has 0 atom stereocenters. The zero-order chi connectivity index (χ0) is 17.3. The zero-order valence-electron chi connectivity index (χ0n) is 12.5. The molecule has 24 heavy (non-hydrogen) atoms. The van der Waals surface area contributed by atoms with Crippen LogP contribution in [-0.2, 0) is 10.0 Å². The fourth-order valence-electron chi connectivity index (χ4n) is 2.52. The summed E-state index contributed by atoms with van der Waals surface area (Å²) in [5.41, 5.74) is 1.24. The number of hydrogen-bond acceptors (Lipinski definition) is 3. The van der Waals surface area contributed by atoms with E-state index in [1.165, 1.54) is 4.31 Å². The lowest BCUT2D eigenvalue weighted by Gasteiger charge is -2.19. The van der Waals surface area contributed by atoms with Crippen molar-refractivity contribution in [2.45, 2.75) is 6.42 Å². The Morgan fingerprint density at radius 2 is 1.92 bits per heavy atom. The van der Waals surface area contributed by atoms with Gasteiger partial charge in [0, 0.05) is 22.8 Å². The summed E-state index contributed by atoms with van der Waals surface area (Å²) in [6, 6.07) is 11.3. The van der Waals surface area contributed by atoms with Crippen LogP contribution in [0, 0.1) is 0 Å². The Morgan fingerprint density at radius 1 is 1.12 bits per heavy atom. The summed E-state index contributed by atoms with van der Waals surface area (Å²) in [5.74, 6) is -0.238. The molecule has 2 aromatic carbocycles. The van der Waals surface area contributed by atoms with Crippen molar-refractivity contribution in [3.63, 3.8) is 0 Å². The van der Waals surface area contributed by atoms with Crippen LogP contribution in [0.25, 0.3) is 0 Å². The van der Waals surface area contributed by atoms with E-state index < -0.39 is 10.0 Å². The van der Waals surface area contributed by atoms with Crippen LogP contribution in [0.3, 0.4) is 0 Å². The first-order valence-electron chi connectivity index (χ1n) is 7.24. The predicted molar refractivity (Wildman–Crippen MR) is 96.6 cm³/mol. The molecule has 8 heteroatoms. The van der Waals surface area contributed by atoms with Crippen LogP contribution < -0.4 is 9.62 Å². The van der Waals surface area contributed by atoms with Crippen LogP contribution in [0.15, 0.2) is 42.5 Å². The molecule has 2 aromatic rings. The predicted octanol–water partition coefficient (Wildman–Crippen LogP) is 3.79. The highest BCUT2D eigenvalue weighted by Gasteiger charge is 2.30. The van der Waals surface area contributed by atoms with Crippen LogP contribution in [0.4, 0.5) is 11.4 Å². The van der Waals surface area contributed by atoms with Crippen LogP contribution in [0.2, 0.25) is 10.0 Å². The summed E-state index contributed by atoms with van der Waals surface area (Å²) in [6.07, 6.45) is 0.553. The monoisotopic (exact) mass is 384 g/mol. The van der Waals surface area contributed by atoms with Gasteiger partial charge < -0.3 is 5.32 Å². The van der Waals surface area contributed by atoms with Crippen molar-refractivity contribution in [2.24, 2.45) is 0 Å². The maximum Gasteiger partial charge on any atom is 0.255 e. The molecule has 126 valence electrons. The third-order valence-electron chi connectivity index (χ3n) is 3.66. The minimum Gasteiger partial charge on any atom is -0.322 e. The average Bonchev–Trinajstić information content (AvgIpc) is 2.88. The van der Waals surface area contributed by atoms with E-state index in [4.69, 9.17) is 23.2 Å². The fraction of sp³-hybridized carbons (Fsp3) is 0.188. The normalized spacial score (nSPS) is 16.2. The SMILES string of the molecule is O=C(Nc1ccc(Cl)c(N2CCCS2(=O)=O)c1)c1cccc(Cl)c1. The Balaban J connectivity index is 1.88. The lowest BCUT2D eigenvalue weighted by atomic mass is 10.2. The number of carbonyl (C=O) groups excluding carboxylic acids is 1. The van der Waals surface area contributed by atoms with Crippen molar-refractivity contribution >= 4 is 50.5 Å². The van der Waals surface area contributed by atoms with Gasteiger partial charge in [0.25, 0.3) is 5.91 Å². The summed E-state index contributed by atoms with van der Waals surface area (Å²) >= 11 is 12.0. The minimum atomic E-state index is -3.35. The Labute approximate surface area is 150 Å². The van der Waals surface area contributed by atoms with Crippen molar-refractivity contribution in [1.29, 1.82) is 0 Å². The van der Waals surface area contributed by atoms with Gasteiger partial charge in [-0.1, -0.05) is 29.3 Å². The molecule has 0 saturated carbocycles. The van der Waals surface area contributed by atoms with Gasteiger partial charge in [-0.3, -0.25) is 9.10 Å². The van der Waals surface area contributed by atoms with Gasteiger partial charge in [0.05, 0.1) is 16.5 Å². The average molecular weight is 385 g/mol. The smallest absolute Gasteiger partial charge is 0.255 e. The van der Waals surface area contributed by atoms with Crippen LogP contribution >= 0.6 is 23.2 Å². The number of halogens is 2. The summed E-state index contributed by atoms with van der Waals surface area (Å²) in [6.45, 7) is 0.383. The van der Waals surface area contributed by atoms with Crippen LogP contribution in [0.1, 0.15) is 16.8 Å². The summed E-state index contributed by atoms with van der Waals surface area (Å²) in [5, 5.41) is 3.51. The molecule has 0 bridgehead atoms. The van der Waals surface area contributed by atoms with Gasteiger partial charge in [0.2, 0.25) is 10.0 Å². The molecule has 0 spiro atoms. The topological polar surface area (TPSA) is 66.5 Å². The number of amides is 1. The second-order valence-corrected chi connectivity index (χ2v) is 8.23. The van der Waals surface area contributed by atoms with E-state index in [1.54, 1.807) is 42.5 Å². The zero-order valence-corrected chi connectivity index (χ0v) is 14.8. The van der Waals surface area contributed by atoms with E-state index in [0.29, 0.717) is 39.9 Å². The first-order valence-corrected chi connectivity index (χ1v) is 9.60. The molecule has 1 saturated heterocycles. The van der Waals surface area contributed by atoms with Crippen molar-refractivity contribution in [3.05, 3.63) is 58.1 Å². The molecule has 0 aromatic heterocycles. The molecule has 0 unspecified atom stereocenters. The Bertz CT molecular complexity index is 900. The molecule has 1 heterocycles. The first-order chi connectivity index (χ1) is 11.4. The summed E-state index contributed by atoms with van der Waals surface area (Å²) in [4.78, 5) is 12.3. The van der Waals surface area contributed by atoms with Crippen molar-refractivity contribution < 1.29 is 13.2 Å². The largest absolute Gasteiger partial charge is 0.322 e. The first kappa shape index (κ1) is 17.1. The Kier molecular flexibility index (Phi) is 4.71. The maximum absolute atomic E-state index is 12.3. The molecule has 5 nitrogen and oxygen atoms in total. The molecule has 1 amide bonds. The number of nitrogens with zero attached hydrogens (tertiary/aromatic N) is 1. The van der Waals surface area contributed by atoms with E-state index >= 15 is 0 Å². The molecule has 3 rings (SSSR count). The third kappa shape index (κ3) is 3.50. The number of nitrogens with one attached hydrogen (secondary N) is 1. The van der Waals surface area contributed by atoms with E-state index in [2.05, 4.69) is 5.32 Å². The standard InChI is InChI=1S/C16H14Cl2N2O3S/c17-12-4-1-3-11(9-12)16(21)19-13-5-6-14(18)15(10-13)20-7-2-8-24(20,22)23/h1,3-6,9-10H,2,7-8H2,(H,19,21). The second kappa shape index (κ2) is 6.63. The number of anilines is 2. The minimum absolute atomic E-state index is 0.0996. The molecular formula is C16H14Cl2N2O3S. The Hall–Kier alpha value is -1.76. The van der Waals surface area contributed by atoms with Gasteiger partial charge in [0.1, 0.15) is 0 Å². The third-order valence-corrected chi connectivity index (χ3v) is 6.07. The molecule has 1 aliphatic heterocycles. The summed E-state index contributed by atoms with van der Waals surface area (Å²) in [7, 11) is -3.35. The van der Waals surface area contributed by atoms with Crippen molar-refractivity contribution in [3.8, 4) is 0 Å². The molecule has 0 radical (unpaired) electrons. The number of rotatable bonds is 3. The lowest BCUT2D eigenvalue weighted by molar-refractivity contribution is 0.102. The number of carbonyl (C=O) groups is 1. The maximum atomic E-state index is 12.3. The highest BCUT2D eigenvalue weighted by molar-refractivity contribution is 7.93. The van der Waals surface area contributed by atoms with Crippen molar-refractivity contribution in [2.75, 3.05) is 21.9 Å². The molecule has 1 fully saturated rings. The van der Waals surface area contributed by atoms with E-state index in [1.807, 2.05) is 0 Å². The molecule has 1 aliphatic rings. The molecule has 1 N–H and O–H groups in total. The quantitative estimate of drug-likeness (QED) is 0.875. The van der Waals surface area contributed by atoms with E-state index in [-0.39, 0.29) is 11.7 Å². The van der Waals surface area contributed by atoms with Crippen LogP contribution in [-0.4, -0.2) is 26.6 Å². The Morgan fingerprint density at radius 3 is 2.58 bits per heavy atom. The lowest BCUT2D eigenvalue weighted by Crippen LogP contribution is -2.25. The van der Waals surface area contributed by atoms with Gasteiger partial charge in [-0.25, -0.2) is 8.42 Å². The van der Waals surface area contributed by atoms with Gasteiger partial charge in [0.15, 0.2) is 0 Å². The highest BCUT2D eigenvalue weighted by Crippen LogP contribution is 2.33. The second-order valence-electron chi connectivity index (χ2n) is 5.37. The number of hydrogen-bond donors (Lipinski definition) is 1. The van der Waals surface area contributed by atoms with Gasteiger partial charge in [-0.2, -0.15) is 0 Å². The molecular weight excluding hydrogens is 371 g/mol. The van der Waals surface area contributed by atoms with Gasteiger partial charge in [-0.05, 0) is 42.8 Å². The number of benzene rings is 2. The number of sulfonamides is 1. The van der Waals surface area contributed by atoms with Crippen LogP contribution in [0.5, 0.6) is 0 Å².